The Hall–Kier alpha value is -1.16. The normalized spacial score (nSPS) is 8.00. The van der Waals surface area contributed by atoms with Crippen LogP contribution in [0.2, 0.25) is 0 Å². The standard InChI is InChI=1S/C3H3NO.C3H3NS/c2*1-2-5-3-4-1/h2*1-3H. The summed E-state index contributed by atoms with van der Waals surface area (Å²) in [6, 6.07) is 0. The number of nitrogens with zero attached hydrogens (tertiary/aromatic N) is 2. The highest BCUT2D eigenvalue weighted by Crippen LogP contribution is 1.85. The Bertz CT molecular complexity index is 155. The maximum Gasteiger partial charge on any atom is 0.180 e. The van der Waals surface area contributed by atoms with Crippen molar-refractivity contribution in [2.75, 3.05) is 0 Å². The minimum absolute atomic E-state index is 1.38. The summed E-state index contributed by atoms with van der Waals surface area (Å²) in [5.74, 6) is 0. The number of hydrogen-bond donors (Lipinski definition) is 0. The van der Waals surface area contributed by atoms with E-state index >= 15 is 0 Å². The van der Waals surface area contributed by atoms with Crippen molar-refractivity contribution in [3.8, 4) is 0 Å². The second-order valence-electron chi connectivity index (χ2n) is 1.35. The molecule has 10 heavy (non-hydrogen) atoms. The molecule has 3 nitrogen and oxygen atoms in total. The third-order valence-corrected chi connectivity index (χ3v) is 1.22. The van der Waals surface area contributed by atoms with Gasteiger partial charge >= 0.3 is 0 Å². The van der Waals surface area contributed by atoms with Gasteiger partial charge in [0.25, 0.3) is 0 Å². The molecule has 0 radical (unpaired) electrons. The van der Waals surface area contributed by atoms with Crippen molar-refractivity contribution in [3.05, 3.63) is 35.9 Å². The molecule has 0 atom stereocenters. The highest BCUT2D eigenvalue weighted by atomic mass is 32.1. The van der Waals surface area contributed by atoms with Crippen molar-refractivity contribution < 1.29 is 4.42 Å². The number of thiazole rings is 1. The Kier molecular flexibility index (Phi) is 3.26. The van der Waals surface area contributed by atoms with Crippen LogP contribution in [-0.2, 0) is 0 Å². The summed E-state index contributed by atoms with van der Waals surface area (Å²) in [6.07, 6.45) is 6.24. The van der Waals surface area contributed by atoms with Gasteiger partial charge in [-0.2, -0.15) is 0 Å². The van der Waals surface area contributed by atoms with Gasteiger partial charge in [0, 0.05) is 11.6 Å². The van der Waals surface area contributed by atoms with Crippen LogP contribution < -0.4 is 0 Å². The molecule has 0 bridgehead atoms. The van der Waals surface area contributed by atoms with Crippen LogP contribution in [0.4, 0.5) is 0 Å². The molecule has 0 unspecified atom stereocenters. The zero-order chi connectivity index (χ0) is 7.07. The first-order valence-corrected chi connectivity index (χ1v) is 3.59. The van der Waals surface area contributed by atoms with Crippen LogP contribution in [0, 0.1) is 0 Å². The van der Waals surface area contributed by atoms with E-state index < -0.39 is 0 Å². The molecule has 2 rings (SSSR count). The molecule has 0 aliphatic rings. The fourth-order valence-corrected chi connectivity index (χ4v) is 0.703. The average molecular weight is 154 g/mol. The van der Waals surface area contributed by atoms with Gasteiger partial charge in [-0.05, 0) is 0 Å². The topological polar surface area (TPSA) is 38.9 Å². The van der Waals surface area contributed by atoms with Gasteiger partial charge in [0.15, 0.2) is 6.39 Å². The molecule has 0 aliphatic heterocycles. The number of hydrogen-bond acceptors (Lipinski definition) is 4. The predicted octanol–water partition coefficient (Wildman–Crippen LogP) is 1.82. The molecule has 52 valence electrons. The molecule has 0 fully saturated rings. The summed E-state index contributed by atoms with van der Waals surface area (Å²) in [7, 11) is 0. The first-order valence-electron chi connectivity index (χ1n) is 2.64. The lowest BCUT2D eigenvalue weighted by atomic mass is 11.0. The van der Waals surface area contributed by atoms with Gasteiger partial charge in [0.2, 0.25) is 0 Å². The molecule has 0 aliphatic carbocycles. The second kappa shape index (κ2) is 4.69. The molecule has 2 heterocycles. The third kappa shape index (κ3) is 2.99. The van der Waals surface area contributed by atoms with Crippen LogP contribution in [0.5, 0.6) is 0 Å². The lowest BCUT2D eigenvalue weighted by Crippen LogP contribution is -1.38. The minimum Gasteiger partial charge on any atom is -0.452 e. The summed E-state index contributed by atoms with van der Waals surface area (Å²) in [6.45, 7) is 0. The Morgan fingerprint density at radius 1 is 1.20 bits per heavy atom. The van der Waals surface area contributed by atoms with Gasteiger partial charge in [-0.1, -0.05) is 0 Å². The minimum atomic E-state index is 1.38. The highest BCUT2D eigenvalue weighted by Gasteiger charge is 1.60. The molecule has 2 aromatic rings. The number of rotatable bonds is 0. The molecule has 0 N–H and O–H groups in total. The summed E-state index contributed by atoms with van der Waals surface area (Å²) in [4.78, 5) is 7.30. The highest BCUT2D eigenvalue weighted by molar-refractivity contribution is 7.07. The van der Waals surface area contributed by atoms with Crippen molar-refractivity contribution in [2.24, 2.45) is 0 Å². The van der Waals surface area contributed by atoms with Crippen LogP contribution in [0.25, 0.3) is 0 Å². The zero-order valence-corrected chi connectivity index (χ0v) is 5.99. The maximum absolute atomic E-state index is 4.47. The SMILES string of the molecule is c1cocn1.c1cscn1. The molecule has 0 aromatic carbocycles. The van der Waals surface area contributed by atoms with Gasteiger partial charge in [-0.3, -0.25) is 4.98 Å². The predicted molar refractivity (Wildman–Crippen MR) is 38.6 cm³/mol. The van der Waals surface area contributed by atoms with E-state index in [-0.39, 0.29) is 0 Å². The van der Waals surface area contributed by atoms with E-state index in [9.17, 15) is 0 Å². The van der Waals surface area contributed by atoms with Gasteiger partial charge in [0.1, 0.15) is 6.26 Å². The summed E-state index contributed by atoms with van der Waals surface area (Å²) < 4.78 is 4.47. The Balaban J connectivity index is 0.0000001000. The van der Waals surface area contributed by atoms with Crippen LogP contribution in [0.1, 0.15) is 0 Å². The summed E-state index contributed by atoms with van der Waals surface area (Å²) in [5, 5.41) is 1.93. The summed E-state index contributed by atoms with van der Waals surface area (Å²) in [5.41, 5.74) is 1.79. The van der Waals surface area contributed by atoms with Crippen molar-refractivity contribution in [2.45, 2.75) is 0 Å². The molecular formula is C6H6N2OS. The molecule has 0 saturated heterocycles. The maximum atomic E-state index is 4.47. The number of oxazole rings is 1. The van der Waals surface area contributed by atoms with E-state index in [1.807, 2.05) is 5.38 Å². The Morgan fingerprint density at radius 2 is 2.20 bits per heavy atom. The smallest absolute Gasteiger partial charge is 0.180 e. The van der Waals surface area contributed by atoms with E-state index in [1.54, 1.807) is 29.2 Å². The van der Waals surface area contributed by atoms with Crippen LogP contribution in [-0.4, -0.2) is 9.97 Å². The van der Waals surface area contributed by atoms with E-state index in [4.69, 9.17) is 0 Å². The van der Waals surface area contributed by atoms with Gasteiger partial charge in [-0.25, -0.2) is 4.98 Å². The Labute approximate surface area is 62.4 Å². The molecule has 2 aromatic heterocycles. The van der Waals surface area contributed by atoms with Gasteiger partial charge < -0.3 is 4.42 Å². The van der Waals surface area contributed by atoms with Crippen molar-refractivity contribution >= 4 is 11.3 Å². The van der Waals surface area contributed by atoms with E-state index in [1.165, 1.54) is 12.7 Å². The summed E-state index contributed by atoms with van der Waals surface area (Å²) >= 11 is 1.60. The third-order valence-electron chi connectivity index (χ3n) is 0.694. The van der Waals surface area contributed by atoms with Gasteiger partial charge in [-0.15, -0.1) is 11.3 Å². The number of aromatic nitrogens is 2. The van der Waals surface area contributed by atoms with Crippen molar-refractivity contribution in [1.82, 2.24) is 9.97 Å². The largest absolute Gasteiger partial charge is 0.452 e. The quantitative estimate of drug-likeness (QED) is 0.581. The lowest BCUT2D eigenvalue weighted by Gasteiger charge is -1.47. The van der Waals surface area contributed by atoms with Crippen molar-refractivity contribution in [1.29, 1.82) is 0 Å². The van der Waals surface area contributed by atoms with Crippen molar-refractivity contribution in [3.63, 3.8) is 0 Å². The fraction of sp³-hybridized carbons (Fsp3) is 0. The van der Waals surface area contributed by atoms with Crippen LogP contribution in [0.3, 0.4) is 0 Å². The average Bonchev–Trinajstić information content (AvgIpc) is 2.67. The van der Waals surface area contributed by atoms with E-state index in [0.29, 0.717) is 0 Å². The van der Waals surface area contributed by atoms with E-state index in [0.717, 1.165) is 0 Å². The lowest BCUT2D eigenvalue weighted by molar-refractivity contribution is 0.558. The molecule has 0 saturated carbocycles. The molecular weight excluding hydrogens is 148 g/mol. The van der Waals surface area contributed by atoms with Crippen LogP contribution in [0.15, 0.2) is 40.4 Å². The Morgan fingerprint density at radius 3 is 2.40 bits per heavy atom. The second-order valence-corrected chi connectivity index (χ2v) is 2.11. The van der Waals surface area contributed by atoms with E-state index in [2.05, 4.69) is 14.4 Å². The molecule has 4 heteroatoms. The monoisotopic (exact) mass is 154 g/mol. The van der Waals surface area contributed by atoms with Crippen LogP contribution >= 0.6 is 11.3 Å². The zero-order valence-electron chi connectivity index (χ0n) is 5.18. The molecule has 0 spiro atoms. The van der Waals surface area contributed by atoms with Gasteiger partial charge in [0.05, 0.1) is 11.7 Å². The first-order chi connectivity index (χ1) is 5.00. The molecule has 0 amide bonds. The first kappa shape index (κ1) is 6.95. The fourth-order valence-electron chi connectivity index (χ4n) is 0.351.